The van der Waals surface area contributed by atoms with Crippen molar-refractivity contribution in [2.24, 2.45) is 0 Å². The monoisotopic (exact) mass is 266 g/mol. The Morgan fingerprint density at radius 2 is 1.68 bits per heavy atom. The Bertz CT molecular complexity index is 522. The van der Waals surface area contributed by atoms with Crippen LogP contribution >= 0.6 is 11.6 Å². The van der Waals surface area contributed by atoms with Crippen LogP contribution in [0, 0.1) is 6.07 Å². The summed E-state index contributed by atoms with van der Waals surface area (Å²) in [5, 5.41) is 0.653. The van der Waals surface area contributed by atoms with Crippen LogP contribution in [-0.2, 0) is 15.3 Å². The first-order valence-corrected chi connectivity index (χ1v) is 6.20. The van der Waals surface area contributed by atoms with Crippen LogP contribution in [0.1, 0.15) is 11.1 Å². The first-order valence-electron chi connectivity index (χ1n) is 5.82. The van der Waals surface area contributed by atoms with Crippen molar-refractivity contribution in [3.63, 3.8) is 0 Å². The van der Waals surface area contributed by atoms with E-state index in [2.05, 4.69) is 6.07 Å². The van der Waals surface area contributed by atoms with E-state index in [1.54, 1.807) is 6.07 Å². The van der Waals surface area contributed by atoms with Gasteiger partial charge in [-0.3, -0.25) is 0 Å². The Morgan fingerprint density at radius 1 is 1.00 bits per heavy atom. The standard InChI is InChI=1S/C15H12ClO2.Li/c16-14-8-6-13(7-9-14)15(17-10-11-18-15)12-4-2-1-3-5-12;/h1-6,8-9H,10-11H2;/q-1;+1. The number of halogens is 1. The van der Waals surface area contributed by atoms with Crippen molar-refractivity contribution >= 4 is 11.6 Å². The Hall–Kier alpha value is -0.753. The molecule has 0 saturated carbocycles. The fraction of sp³-hybridized carbons (Fsp3) is 0.200. The first-order chi connectivity index (χ1) is 8.81. The summed E-state index contributed by atoms with van der Waals surface area (Å²) in [7, 11) is 0. The third kappa shape index (κ3) is 2.74. The minimum atomic E-state index is -0.841. The van der Waals surface area contributed by atoms with E-state index in [-0.39, 0.29) is 18.9 Å². The maximum Gasteiger partial charge on any atom is 1.00 e. The SMILES string of the molecule is Clc1c[c-]c(C2(c3ccccc3)OCCO2)cc1.[Li+]. The van der Waals surface area contributed by atoms with Gasteiger partial charge in [-0.05, 0) is 0 Å². The summed E-state index contributed by atoms with van der Waals surface area (Å²) in [5.41, 5.74) is 1.82. The molecular formula is C15H12ClLiO2. The summed E-state index contributed by atoms with van der Waals surface area (Å²) in [6.07, 6.45) is 0. The molecule has 1 saturated heterocycles. The fourth-order valence-corrected chi connectivity index (χ4v) is 2.28. The molecule has 0 N–H and O–H groups in total. The molecule has 0 aliphatic carbocycles. The van der Waals surface area contributed by atoms with Crippen LogP contribution in [0.25, 0.3) is 0 Å². The van der Waals surface area contributed by atoms with Gasteiger partial charge in [-0.2, -0.15) is 35.9 Å². The number of rotatable bonds is 2. The van der Waals surface area contributed by atoms with E-state index >= 15 is 0 Å². The normalized spacial score (nSPS) is 16.9. The van der Waals surface area contributed by atoms with Crippen LogP contribution in [0.5, 0.6) is 0 Å². The molecule has 1 heterocycles. The summed E-state index contributed by atoms with van der Waals surface area (Å²) in [6, 6.07) is 18.5. The van der Waals surface area contributed by atoms with Gasteiger partial charge in [0.05, 0.1) is 13.2 Å². The molecule has 2 nitrogen and oxygen atoms in total. The van der Waals surface area contributed by atoms with Gasteiger partial charge in [-0.25, -0.2) is 0 Å². The molecule has 3 rings (SSSR count). The third-order valence-corrected chi connectivity index (χ3v) is 3.21. The van der Waals surface area contributed by atoms with E-state index in [1.807, 2.05) is 42.5 Å². The smallest absolute Gasteiger partial charge is 0.341 e. The van der Waals surface area contributed by atoms with Crippen molar-refractivity contribution < 1.29 is 28.3 Å². The summed E-state index contributed by atoms with van der Waals surface area (Å²) < 4.78 is 11.7. The second-order valence-corrected chi connectivity index (χ2v) is 4.54. The van der Waals surface area contributed by atoms with E-state index in [0.717, 1.165) is 11.1 Å². The molecule has 0 unspecified atom stereocenters. The largest absolute Gasteiger partial charge is 1.00 e. The summed E-state index contributed by atoms with van der Waals surface area (Å²) in [5.74, 6) is -0.841. The van der Waals surface area contributed by atoms with Crippen LogP contribution < -0.4 is 18.9 Å². The second-order valence-electron chi connectivity index (χ2n) is 4.10. The predicted molar refractivity (Wildman–Crippen MR) is 69.4 cm³/mol. The molecule has 1 aliphatic heterocycles. The molecule has 19 heavy (non-hydrogen) atoms. The number of benzene rings is 2. The second kappa shape index (κ2) is 6.13. The van der Waals surface area contributed by atoms with Crippen LogP contribution in [0.4, 0.5) is 0 Å². The van der Waals surface area contributed by atoms with Gasteiger partial charge in [0.15, 0.2) is 5.79 Å². The molecule has 4 heteroatoms. The van der Waals surface area contributed by atoms with E-state index in [9.17, 15) is 0 Å². The van der Waals surface area contributed by atoms with E-state index in [4.69, 9.17) is 21.1 Å². The quantitative estimate of drug-likeness (QED) is 0.578. The van der Waals surface area contributed by atoms with Crippen LogP contribution in [0.3, 0.4) is 0 Å². The van der Waals surface area contributed by atoms with E-state index in [0.29, 0.717) is 18.2 Å². The van der Waals surface area contributed by atoms with Crippen LogP contribution in [0.15, 0.2) is 48.5 Å². The van der Waals surface area contributed by atoms with E-state index in [1.165, 1.54) is 0 Å². The molecule has 0 atom stereocenters. The molecule has 1 aliphatic rings. The molecule has 1 fully saturated rings. The molecule has 2 aromatic carbocycles. The Labute approximate surface area is 129 Å². The predicted octanol–water partition coefficient (Wildman–Crippen LogP) is 0.392. The molecular weight excluding hydrogens is 255 g/mol. The molecule has 0 aromatic heterocycles. The number of hydrogen-bond acceptors (Lipinski definition) is 2. The third-order valence-electron chi connectivity index (χ3n) is 2.98. The average molecular weight is 267 g/mol. The number of ether oxygens (including phenoxy) is 2. The van der Waals surface area contributed by atoms with Gasteiger partial charge in [0.25, 0.3) is 0 Å². The van der Waals surface area contributed by atoms with Gasteiger partial charge in [-0.15, -0.1) is 0 Å². The van der Waals surface area contributed by atoms with Crippen molar-refractivity contribution in [3.8, 4) is 0 Å². The van der Waals surface area contributed by atoms with E-state index < -0.39 is 5.79 Å². The van der Waals surface area contributed by atoms with Gasteiger partial charge < -0.3 is 9.47 Å². The van der Waals surface area contributed by atoms with Crippen LogP contribution in [-0.4, -0.2) is 13.2 Å². The minimum Gasteiger partial charge on any atom is -0.341 e. The fourth-order valence-electron chi connectivity index (χ4n) is 2.16. The zero-order valence-corrected chi connectivity index (χ0v) is 11.5. The van der Waals surface area contributed by atoms with Gasteiger partial charge in [0, 0.05) is 5.56 Å². The zero-order valence-electron chi connectivity index (χ0n) is 10.7. The molecule has 0 spiro atoms. The zero-order chi connectivity index (χ0) is 12.4. The number of hydrogen-bond donors (Lipinski definition) is 0. The molecule has 0 radical (unpaired) electrons. The van der Waals surface area contributed by atoms with Crippen molar-refractivity contribution in [3.05, 3.63) is 70.7 Å². The minimum absolute atomic E-state index is 0. The van der Waals surface area contributed by atoms with Gasteiger partial charge in [0.2, 0.25) is 0 Å². The van der Waals surface area contributed by atoms with Gasteiger partial charge in [-0.1, -0.05) is 40.9 Å². The molecule has 92 valence electrons. The summed E-state index contributed by atoms with van der Waals surface area (Å²) in [4.78, 5) is 0. The maximum absolute atomic E-state index is 5.90. The van der Waals surface area contributed by atoms with Gasteiger partial charge in [0.1, 0.15) is 0 Å². The topological polar surface area (TPSA) is 18.5 Å². The Kier molecular flexibility index (Phi) is 4.73. The Morgan fingerprint density at radius 3 is 2.26 bits per heavy atom. The van der Waals surface area contributed by atoms with Crippen LogP contribution in [0.2, 0.25) is 5.02 Å². The first kappa shape index (κ1) is 14.7. The summed E-state index contributed by atoms with van der Waals surface area (Å²) >= 11 is 5.90. The average Bonchev–Trinajstić information content (AvgIpc) is 2.91. The van der Waals surface area contributed by atoms with Crippen molar-refractivity contribution in [1.29, 1.82) is 0 Å². The Balaban J connectivity index is 0.00000133. The van der Waals surface area contributed by atoms with Crippen molar-refractivity contribution in [2.75, 3.05) is 13.2 Å². The molecule has 0 amide bonds. The molecule has 2 aromatic rings. The van der Waals surface area contributed by atoms with Crippen molar-refractivity contribution in [1.82, 2.24) is 0 Å². The van der Waals surface area contributed by atoms with Gasteiger partial charge >= 0.3 is 18.9 Å². The maximum atomic E-state index is 5.90. The van der Waals surface area contributed by atoms with Crippen molar-refractivity contribution in [2.45, 2.75) is 5.79 Å². The summed E-state index contributed by atoms with van der Waals surface area (Å²) in [6.45, 7) is 1.15. The molecule has 0 bridgehead atoms.